The number of unbranched alkanes of at least 4 members (excludes halogenated alkanes) is 51. The van der Waals surface area contributed by atoms with Gasteiger partial charge in [0, 0.05) is 25.7 Å². The molecule has 26 heteroatoms. The highest BCUT2D eigenvalue weighted by Crippen LogP contribution is 2.49. The Morgan fingerprint density at radius 2 is 0.630 bits per heavy atom. The lowest BCUT2D eigenvalue weighted by Gasteiger charge is -2.50. The van der Waals surface area contributed by atoms with Crippen LogP contribution in [-0.4, -0.2) is 205 Å². The molecular weight excluding hydrogens is 1550 g/mol. The molecule has 0 aromatic heterocycles. The normalized spacial score (nSPS) is 25.0. The van der Waals surface area contributed by atoms with Crippen molar-refractivity contribution in [3.8, 4) is 0 Å². The summed E-state index contributed by atoms with van der Waals surface area (Å²) >= 11 is 0. The topological polar surface area (TPSA) is 380 Å². The number of ether oxygens (including phenoxy) is 8. The van der Waals surface area contributed by atoms with Crippen molar-refractivity contribution in [2.24, 2.45) is 5.92 Å². The number of aliphatic hydroxyl groups excluding tert-OH is 9. The molecule has 2 saturated heterocycles. The van der Waals surface area contributed by atoms with E-state index in [1.165, 1.54) is 212 Å². The monoisotopic (exact) mass is 1720 g/mol. The highest BCUT2D eigenvalue weighted by atomic mass is 31.2. The molecule has 19 unspecified atom stereocenters. The van der Waals surface area contributed by atoms with Crippen molar-refractivity contribution in [2.75, 3.05) is 26.4 Å². The molecule has 10 N–H and O–H groups in total. The van der Waals surface area contributed by atoms with E-state index in [1.807, 2.05) is 0 Å². The van der Waals surface area contributed by atoms with Gasteiger partial charge in [0.15, 0.2) is 24.8 Å². The molecule has 3 rings (SSSR count). The molecule has 0 amide bonds. The summed E-state index contributed by atoms with van der Waals surface area (Å²) in [5.74, 6) is -2.27. The number of carbonyl (C=O) groups excluding carboxylic acids is 4. The summed E-state index contributed by atoms with van der Waals surface area (Å²) in [5.41, 5.74) is 0. The summed E-state index contributed by atoms with van der Waals surface area (Å²) in [6.07, 6.45) is 28.0. The summed E-state index contributed by atoms with van der Waals surface area (Å²) in [5, 5.41) is 102. The van der Waals surface area contributed by atoms with Gasteiger partial charge in [0.05, 0.1) is 13.2 Å². The van der Waals surface area contributed by atoms with Crippen LogP contribution in [0.25, 0.3) is 0 Å². The molecule has 2 heterocycles. The zero-order valence-corrected chi connectivity index (χ0v) is 76.0. The van der Waals surface area contributed by atoms with E-state index in [-0.39, 0.29) is 25.7 Å². The van der Waals surface area contributed by atoms with Gasteiger partial charge in [0.1, 0.15) is 92.6 Å². The second kappa shape index (κ2) is 71.5. The maximum atomic E-state index is 14.9. The fraction of sp³-hybridized carbons (Fsp3) is 0.957. The van der Waals surface area contributed by atoms with Crippen LogP contribution >= 0.6 is 7.82 Å². The fourth-order valence-electron chi connectivity index (χ4n) is 16.4. The number of phosphoric acid groups is 1. The maximum absolute atomic E-state index is 14.9. The first-order valence-corrected chi connectivity index (χ1v) is 50.2. The third kappa shape index (κ3) is 51.8. The number of hydrogen-bond donors (Lipinski definition) is 10. The zero-order chi connectivity index (χ0) is 86.9. The van der Waals surface area contributed by atoms with Crippen LogP contribution in [0.5, 0.6) is 0 Å². The summed E-state index contributed by atoms with van der Waals surface area (Å²) in [6.45, 7) is 7.97. The first-order chi connectivity index (χ1) is 57.6. The van der Waals surface area contributed by atoms with E-state index in [0.717, 1.165) is 128 Å². The van der Waals surface area contributed by atoms with Gasteiger partial charge in [0.2, 0.25) is 0 Å². The SMILES string of the molecule is CCCCCCCCCCCCCCCCCCC(=O)OCC(COP(=O)(O)OC1C(OC2OC(CO)C(O)C(O)C2O)C(O)C(O)C(OC(=O)CCCCCCCCCCCCCCCCC)C1OC1OC(COC(=O)CCCCCCCCCCCCCCC)C(O)C(O)C1O)OC(=O)CCCCCCCCC(C)CCCCCCCC. The largest absolute Gasteiger partial charge is 0.472 e. The molecule has 0 bridgehead atoms. The van der Waals surface area contributed by atoms with Crippen molar-refractivity contribution in [3.05, 3.63) is 0 Å². The van der Waals surface area contributed by atoms with Crippen LogP contribution in [0.4, 0.5) is 0 Å². The zero-order valence-electron chi connectivity index (χ0n) is 75.1. The minimum absolute atomic E-state index is 0.0195. The minimum atomic E-state index is -5.81. The van der Waals surface area contributed by atoms with E-state index in [4.69, 9.17) is 46.9 Å². The molecule has 0 aromatic carbocycles. The van der Waals surface area contributed by atoms with E-state index in [2.05, 4.69) is 34.6 Å². The predicted molar refractivity (Wildman–Crippen MR) is 463 cm³/mol. The van der Waals surface area contributed by atoms with Gasteiger partial charge in [-0.2, -0.15) is 0 Å². The number of aliphatic hydroxyl groups is 9. The van der Waals surface area contributed by atoms with Gasteiger partial charge < -0.3 is 88.7 Å². The first-order valence-electron chi connectivity index (χ1n) is 48.7. The number of rotatable bonds is 79. The van der Waals surface area contributed by atoms with Gasteiger partial charge in [-0.3, -0.25) is 28.2 Å². The molecule has 25 nitrogen and oxygen atoms in total. The smallest absolute Gasteiger partial charge is 0.463 e. The minimum Gasteiger partial charge on any atom is -0.463 e. The summed E-state index contributed by atoms with van der Waals surface area (Å²) < 4.78 is 73.6. The van der Waals surface area contributed by atoms with Gasteiger partial charge in [-0.15, -0.1) is 0 Å². The number of hydrogen-bond acceptors (Lipinski definition) is 24. The summed E-state index contributed by atoms with van der Waals surface area (Å²) in [7, 11) is -5.81. The van der Waals surface area contributed by atoms with Crippen LogP contribution < -0.4 is 0 Å². The third-order valence-electron chi connectivity index (χ3n) is 24.3. The quantitative estimate of drug-likeness (QED) is 0.0117. The molecule has 0 radical (unpaired) electrons. The molecule has 702 valence electrons. The molecule has 3 fully saturated rings. The Labute approximate surface area is 719 Å². The van der Waals surface area contributed by atoms with Crippen molar-refractivity contribution in [1.82, 2.24) is 0 Å². The second-order valence-corrected chi connectivity index (χ2v) is 36.6. The van der Waals surface area contributed by atoms with E-state index < -0.39 is 162 Å². The summed E-state index contributed by atoms with van der Waals surface area (Å²) in [4.78, 5) is 66.6. The highest BCUT2D eigenvalue weighted by Gasteiger charge is 2.60. The van der Waals surface area contributed by atoms with Gasteiger partial charge in [0.25, 0.3) is 0 Å². The van der Waals surface area contributed by atoms with Crippen LogP contribution in [0.3, 0.4) is 0 Å². The van der Waals surface area contributed by atoms with E-state index in [1.54, 1.807) is 0 Å². The maximum Gasteiger partial charge on any atom is 0.472 e. The van der Waals surface area contributed by atoms with Crippen LogP contribution in [0.15, 0.2) is 0 Å². The first kappa shape index (κ1) is 111. The lowest BCUT2D eigenvalue weighted by molar-refractivity contribution is -0.360. The van der Waals surface area contributed by atoms with Crippen LogP contribution in [-0.2, 0) is 70.7 Å². The predicted octanol–water partition coefficient (Wildman–Crippen LogP) is 18.4. The standard InChI is InChI=1S/C93H175O25P/c1-6-10-14-18-22-25-28-31-33-35-37-40-42-45-52-58-64-76(95)109-69-73(112-78(97)66-60-55-49-48-51-57-63-72(5)62-56-50-21-17-13-9-4)70-111-119(107,108)118-91-89(116-92-86(105)82(101)80(99)74(68-94)113-92)85(104)84(103)88(115-79(98)67-61-54-47-44-41-38-34-32-29-26-23-19-15-11-7-2)90(91)117-93-87(106)83(102)81(100)75(114-93)71-110-77(96)65-59-53-46-43-39-36-30-27-24-20-16-12-8-3/h72-75,80-94,99-106H,6-71H2,1-5H3,(H,107,108). The Balaban J connectivity index is 1.91. The number of esters is 4. The van der Waals surface area contributed by atoms with Crippen molar-refractivity contribution < 1.29 is 122 Å². The number of carbonyl (C=O) groups is 4. The molecule has 1 aliphatic carbocycles. The third-order valence-corrected chi connectivity index (χ3v) is 25.2. The molecule has 0 spiro atoms. The second-order valence-electron chi connectivity index (χ2n) is 35.2. The summed E-state index contributed by atoms with van der Waals surface area (Å²) in [6, 6.07) is 0. The highest BCUT2D eigenvalue weighted by molar-refractivity contribution is 7.47. The lowest BCUT2D eigenvalue weighted by atomic mass is 9.84. The lowest BCUT2D eigenvalue weighted by Crippen LogP contribution is -2.70. The fourth-order valence-corrected chi connectivity index (χ4v) is 17.4. The van der Waals surface area contributed by atoms with Gasteiger partial charge >= 0.3 is 31.7 Å². The van der Waals surface area contributed by atoms with Gasteiger partial charge in [-0.05, 0) is 31.6 Å². The Morgan fingerprint density at radius 3 is 1.00 bits per heavy atom. The average molecular weight is 1720 g/mol. The van der Waals surface area contributed by atoms with Crippen LogP contribution in [0.1, 0.15) is 433 Å². The van der Waals surface area contributed by atoms with Crippen LogP contribution in [0, 0.1) is 5.92 Å². The molecular formula is C93H175O25P. The Morgan fingerprint density at radius 1 is 0.328 bits per heavy atom. The molecule has 0 aromatic rings. The Hall–Kier alpha value is -2.53. The molecule has 2 aliphatic heterocycles. The van der Waals surface area contributed by atoms with E-state index >= 15 is 0 Å². The van der Waals surface area contributed by atoms with Gasteiger partial charge in [-0.1, -0.05) is 381 Å². The van der Waals surface area contributed by atoms with Crippen LogP contribution in [0.2, 0.25) is 0 Å². The van der Waals surface area contributed by atoms with E-state index in [0.29, 0.717) is 38.0 Å². The van der Waals surface area contributed by atoms with E-state index in [9.17, 15) is 74.6 Å². The van der Waals surface area contributed by atoms with Crippen molar-refractivity contribution in [1.29, 1.82) is 0 Å². The number of phosphoric ester groups is 1. The molecule has 19 atom stereocenters. The Bertz CT molecular complexity index is 2490. The van der Waals surface area contributed by atoms with Crippen molar-refractivity contribution in [2.45, 2.75) is 537 Å². The molecule has 119 heavy (non-hydrogen) atoms. The van der Waals surface area contributed by atoms with Gasteiger partial charge in [-0.25, -0.2) is 4.57 Å². The van der Waals surface area contributed by atoms with Crippen molar-refractivity contribution >= 4 is 31.7 Å². The Kier molecular flexibility index (Phi) is 66.5. The van der Waals surface area contributed by atoms with Crippen molar-refractivity contribution in [3.63, 3.8) is 0 Å². The average Bonchev–Trinajstić information content (AvgIpc) is 0.754. The molecule has 3 aliphatic rings. The molecule has 1 saturated carbocycles.